The van der Waals surface area contributed by atoms with Gasteiger partial charge in [-0.2, -0.15) is 0 Å². The lowest BCUT2D eigenvalue weighted by atomic mass is 9.73. The monoisotopic (exact) mass is 421 g/mol. The zero-order chi connectivity index (χ0) is 23.0. The Hall–Kier alpha value is -1.64. The fourth-order valence-corrected chi connectivity index (χ4v) is 4.56. The largest absolute Gasteiger partial charge is 0.392 e. The molecule has 170 valence electrons. The molecule has 2 aromatic carbocycles. The number of rotatable bonds is 7. The quantitative estimate of drug-likeness (QED) is 0.541. The summed E-state index contributed by atoms with van der Waals surface area (Å²) in [5, 5.41) is 13.8. The third-order valence-electron chi connectivity index (χ3n) is 8.46. The number of benzene rings is 2. The van der Waals surface area contributed by atoms with E-state index in [4.69, 9.17) is 0 Å². The fourth-order valence-electron chi connectivity index (χ4n) is 4.56. The number of hydrogen-bond donors (Lipinski definition) is 2. The Bertz CT molecular complexity index is 782. The summed E-state index contributed by atoms with van der Waals surface area (Å²) in [5.74, 6) is 1.40. The van der Waals surface area contributed by atoms with Crippen LogP contribution in [0.2, 0.25) is 0 Å². The number of hydrogen-bond acceptors (Lipinski definition) is 2. The van der Waals surface area contributed by atoms with Gasteiger partial charge < -0.3 is 10.4 Å². The highest BCUT2D eigenvalue weighted by atomic mass is 16.3. The molecule has 0 radical (unpaired) electrons. The summed E-state index contributed by atoms with van der Waals surface area (Å²) in [7, 11) is 0. The summed E-state index contributed by atoms with van der Waals surface area (Å²) in [6.07, 6.45) is 0.536. The SMILES string of the molecule is CC(C)C(C)(C)c1ccc(C(c2ccc(C(C)(C)C(C)C)cc2)[C@H]2C[C@@H](O)CN2)cc1. The standard InChI is InChI=1S/C29H43NO/c1-19(2)28(5,6)23-13-9-21(10-14-23)27(26-17-25(31)18-30-26)22-11-15-24(16-12-22)29(7,8)20(3)4/h9-16,19-20,25-27,30-31H,17-18H2,1-8H3/t25-,26-/m1/s1. The van der Waals surface area contributed by atoms with Gasteiger partial charge in [-0.25, -0.2) is 0 Å². The van der Waals surface area contributed by atoms with Crippen molar-refractivity contribution < 1.29 is 5.11 Å². The smallest absolute Gasteiger partial charge is 0.0679 e. The van der Waals surface area contributed by atoms with Crippen molar-refractivity contribution in [2.45, 2.75) is 90.7 Å². The van der Waals surface area contributed by atoms with Gasteiger partial charge in [0.1, 0.15) is 0 Å². The topological polar surface area (TPSA) is 32.3 Å². The second kappa shape index (κ2) is 9.08. The Balaban J connectivity index is 1.96. The fraction of sp³-hybridized carbons (Fsp3) is 0.586. The van der Waals surface area contributed by atoms with Crippen LogP contribution >= 0.6 is 0 Å². The molecule has 0 aliphatic carbocycles. The van der Waals surface area contributed by atoms with Gasteiger partial charge in [-0.3, -0.25) is 0 Å². The Morgan fingerprint density at radius 2 is 1.13 bits per heavy atom. The van der Waals surface area contributed by atoms with Crippen LogP contribution in [0.3, 0.4) is 0 Å². The molecule has 2 aromatic rings. The van der Waals surface area contributed by atoms with Crippen molar-refractivity contribution in [3.8, 4) is 0 Å². The number of nitrogens with one attached hydrogen (secondary N) is 1. The van der Waals surface area contributed by atoms with Crippen LogP contribution in [-0.2, 0) is 10.8 Å². The van der Waals surface area contributed by atoms with E-state index >= 15 is 0 Å². The summed E-state index contributed by atoms with van der Waals surface area (Å²) in [5.41, 5.74) is 5.73. The van der Waals surface area contributed by atoms with Crippen LogP contribution in [0, 0.1) is 11.8 Å². The summed E-state index contributed by atoms with van der Waals surface area (Å²) >= 11 is 0. The molecule has 2 atom stereocenters. The van der Waals surface area contributed by atoms with Gasteiger partial charge in [0.2, 0.25) is 0 Å². The van der Waals surface area contributed by atoms with Gasteiger partial charge >= 0.3 is 0 Å². The van der Waals surface area contributed by atoms with E-state index < -0.39 is 0 Å². The van der Waals surface area contributed by atoms with Crippen LogP contribution in [0.1, 0.15) is 90.0 Å². The zero-order valence-corrected chi connectivity index (χ0v) is 20.9. The number of aliphatic hydroxyl groups is 1. The van der Waals surface area contributed by atoms with E-state index in [1.807, 2.05) is 0 Å². The van der Waals surface area contributed by atoms with Crippen LogP contribution in [0.15, 0.2) is 48.5 Å². The van der Waals surface area contributed by atoms with Gasteiger partial charge in [0.05, 0.1) is 6.10 Å². The first-order valence-electron chi connectivity index (χ1n) is 12.1. The molecule has 0 unspecified atom stereocenters. The number of aliphatic hydroxyl groups excluding tert-OH is 1. The molecule has 2 heteroatoms. The van der Waals surface area contributed by atoms with E-state index in [-0.39, 0.29) is 28.9 Å². The molecule has 0 spiro atoms. The van der Waals surface area contributed by atoms with Crippen LogP contribution in [0.5, 0.6) is 0 Å². The van der Waals surface area contributed by atoms with E-state index in [2.05, 4.69) is 109 Å². The third kappa shape index (κ3) is 4.91. The molecule has 1 aliphatic rings. The minimum Gasteiger partial charge on any atom is -0.392 e. The molecule has 2 nitrogen and oxygen atoms in total. The Morgan fingerprint density at radius 3 is 1.42 bits per heavy atom. The summed E-state index contributed by atoms with van der Waals surface area (Å²) < 4.78 is 0. The highest BCUT2D eigenvalue weighted by molar-refractivity contribution is 5.40. The predicted octanol–water partition coefficient (Wildman–Crippen LogP) is 6.41. The first-order valence-corrected chi connectivity index (χ1v) is 12.1. The molecular formula is C29H43NO. The summed E-state index contributed by atoms with van der Waals surface area (Å²) in [6, 6.07) is 18.7. The zero-order valence-electron chi connectivity index (χ0n) is 20.9. The molecule has 0 bridgehead atoms. The van der Waals surface area contributed by atoms with Crippen molar-refractivity contribution in [3.63, 3.8) is 0 Å². The lowest BCUT2D eigenvalue weighted by molar-refractivity contribution is 0.192. The van der Waals surface area contributed by atoms with Crippen molar-refractivity contribution >= 4 is 0 Å². The van der Waals surface area contributed by atoms with Crippen molar-refractivity contribution in [1.82, 2.24) is 5.32 Å². The molecule has 1 fully saturated rings. The highest BCUT2D eigenvalue weighted by Gasteiger charge is 2.33. The molecule has 3 rings (SSSR count). The third-order valence-corrected chi connectivity index (χ3v) is 8.46. The van der Waals surface area contributed by atoms with Crippen molar-refractivity contribution in [2.75, 3.05) is 6.54 Å². The van der Waals surface area contributed by atoms with E-state index in [0.717, 1.165) is 6.42 Å². The average molecular weight is 422 g/mol. The van der Waals surface area contributed by atoms with E-state index in [1.165, 1.54) is 22.3 Å². The van der Waals surface area contributed by atoms with Crippen molar-refractivity contribution in [3.05, 3.63) is 70.8 Å². The van der Waals surface area contributed by atoms with E-state index in [0.29, 0.717) is 18.4 Å². The van der Waals surface area contributed by atoms with Gasteiger partial charge in [-0.05, 0) is 51.3 Å². The van der Waals surface area contributed by atoms with Gasteiger partial charge in [-0.1, -0.05) is 104 Å². The van der Waals surface area contributed by atoms with Crippen LogP contribution < -0.4 is 5.32 Å². The van der Waals surface area contributed by atoms with E-state index in [1.54, 1.807) is 0 Å². The first-order chi connectivity index (χ1) is 14.4. The molecule has 1 saturated heterocycles. The van der Waals surface area contributed by atoms with Gasteiger partial charge in [-0.15, -0.1) is 0 Å². The lowest BCUT2D eigenvalue weighted by Crippen LogP contribution is -2.30. The van der Waals surface area contributed by atoms with Gasteiger partial charge in [0.15, 0.2) is 0 Å². The molecule has 0 aromatic heterocycles. The molecule has 0 saturated carbocycles. The molecule has 31 heavy (non-hydrogen) atoms. The Kier molecular flexibility index (Phi) is 7.03. The maximum absolute atomic E-state index is 10.2. The normalized spacial score (nSPS) is 20.3. The predicted molar refractivity (Wildman–Crippen MR) is 133 cm³/mol. The van der Waals surface area contributed by atoms with Gasteiger partial charge in [0, 0.05) is 18.5 Å². The van der Waals surface area contributed by atoms with Crippen LogP contribution in [-0.4, -0.2) is 23.8 Å². The van der Waals surface area contributed by atoms with Crippen LogP contribution in [0.25, 0.3) is 0 Å². The maximum Gasteiger partial charge on any atom is 0.0679 e. The molecular weight excluding hydrogens is 378 g/mol. The Morgan fingerprint density at radius 1 is 0.742 bits per heavy atom. The summed E-state index contributed by atoms with van der Waals surface area (Å²) in [6.45, 7) is 19.2. The number of β-amino-alcohol motifs (C(OH)–C–C–N with tert-alkyl or cyclic N) is 1. The van der Waals surface area contributed by atoms with Gasteiger partial charge in [0.25, 0.3) is 0 Å². The van der Waals surface area contributed by atoms with Crippen molar-refractivity contribution in [2.24, 2.45) is 11.8 Å². The lowest BCUT2D eigenvalue weighted by Gasteiger charge is -2.32. The molecule has 1 aliphatic heterocycles. The average Bonchev–Trinajstić information content (AvgIpc) is 3.14. The molecule has 0 amide bonds. The second-order valence-electron chi connectivity index (χ2n) is 11.4. The minimum absolute atomic E-state index is 0.153. The van der Waals surface area contributed by atoms with Crippen LogP contribution in [0.4, 0.5) is 0 Å². The first kappa shape index (κ1) is 24.0. The highest BCUT2D eigenvalue weighted by Crippen LogP contribution is 2.37. The maximum atomic E-state index is 10.2. The molecule has 2 N–H and O–H groups in total. The van der Waals surface area contributed by atoms with E-state index in [9.17, 15) is 5.11 Å². The minimum atomic E-state index is -0.259. The molecule has 1 heterocycles. The second-order valence-corrected chi connectivity index (χ2v) is 11.4. The Labute approximate surface area is 190 Å². The van der Waals surface area contributed by atoms with Crippen molar-refractivity contribution in [1.29, 1.82) is 0 Å². The summed E-state index contributed by atoms with van der Waals surface area (Å²) in [4.78, 5) is 0.